The normalized spacial score (nSPS) is 10.5. The molecule has 0 saturated heterocycles. The van der Waals surface area contributed by atoms with E-state index in [1.807, 2.05) is 24.3 Å². The first kappa shape index (κ1) is 14.3. The molecule has 0 bridgehead atoms. The van der Waals surface area contributed by atoms with Crippen molar-refractivity contribution in [3.8, 4) is 0 Å². The van der Waals surface area contributed by atoms with Gasteiger partial charge in [0.2, 0.25) is 0 Å². The smallest absolute Gasteiger partial charge is 0.192 e. The van der Waals surface area contributed by atoms with Crippen molar-refractivity contribution in [1.29, 1.82) is 0 Å². The summed E-state index contributed by atoms with van der Waals surface area (Å²) in [5.74, 6) is 0.167. The zero-order chi connectivity index (χ0) is 13.8. The molecule has 4 heteroatoms. The van der Waals surface area contributed by atoms with Gasteiger partial charge in [-0.1, -0.05) is 18.2 Å². The third-order valence-electron chi connectivity index (χ3n) is 3.02. The molecule has 0 aliphatic carbocycles. The number of hydrogen-bond acceptors (Lipinski definition) is 3. The van der Waals surface area contributed by atoms with Crippen molar-refractivity contribution in [3.05, 3.63) is 50.6 Å². The monoisotopic (exact) mass is 337 g/mol. The number of aryl methyl sites for hydroxylation is 1. The highest BCUT2D eigenvalue weighted by molar-refractivity contribution is 9.11. The van der Waals surface area contributed by atoms with Gasteiger partial charge in [-0.25, -0.2) is 0 Å². The number of rotatable bonds is 5. The van der Waals surface area contributed by atoms with Crippen LogP contribution in [0.5, 0.6) is 0 Å². The van der Waals surface area contributed by atoms with Crippen LogP contribution in [0.1, 0.15) is 22.2 Å². The summed E-state index contributed by atoms with van der Waals surface area (Å²) in [5, 5.41) is 0. The van der Waals surface area contributed by atoms with Crippen LogP contribution in [0, 0.1) is 6.92 Å². The van der Waals surface area contributed by atoms with Gasteiger partial charge in [-0.3, -0.25) is 4.79 Å². The Morgan fingerprint density at radius 2 is 2.00 bits per heavy atom. The Balaban J connectivity index is 2.16. The Hall–Kier alpha value is -1.13. The van der Waals surface area contributed by atoms with E-state index in [-0.39, 0.29) is 5.78 Å². The number of para-hydroxylation sites is 1. The summed E-state index contributed by atoms with van der Waals surface area (Å²) in [6, 6.07) is 12.0. The second-order valence-electron chi connectivity index (χ2n) is 4.33. The molecule has 1 aromatic heterocycles. The summed E-state index contributed by atoms with van der Waals surface area (Å²) < 4.78 is 0.995. The second kappa shape index (κ2) is 6.35. The predicted octanol–water partition coefficient (Wildman–Crippen LogP) is 4.53. The van der Waals surface area contributed by atoms with Crippen LogP contribution in [0.4, 0.5) is 5.69 Å². The lowest BCUT2D eigenvalue weighted by Crippen LogP contribution is -2.29. The molecule has 0 unspecified atom stereocenters. The van der Waals surface area contributed by atoms with Crippen LogP contribution in [-0.2, 0) is 0 Å². The van der Waals surface area contributed by atoms with Crippen molar-refractivity contribution in [2.45, 2.75) is 13.8 Å². The van der Waals surface area contributed by atoms with Crippen LogP contribution in [0.2, 0.25) is 0 Å². The van der Waals surface area contributed by atoms with Gasteiger partial charge in [0.1, 0.15) is 0 Å². The standard InChI is InChI=1S/C15H16BrNOS/c1-3-17(12-7-5-4-6-11(12)2)10-13(18)14-8-9-15(16)19-14/h4-9H,3,10H2,1-2H3. The number of halogens is 1. The molecular formula is C15H16BrNOS. The molecule has 2 aromatic rings. The third-order valence-corrected chi connectivity index (χ3v) is 4.69. The quantitative estimate of drug-likeness (QED) is 0.747. The van der Waals surface area contributed by atoms with E-state index in [1.165, 1.54) is 16.9 Å². The number of Topliss-reactive ketones (excluding diaryl/α,β-unsaturated/α-hetero) is 1. The minimum Gasteiger partial charge on any atom is -0.364 e. The number of carbonyl (C=O) groups excluding carboxylic acids is 1. The lowest BCUT2D eigenvalue weighted by atomic mass is 10.1. The Morgan fingerprint density at radius 3 is 2.58 bits per heavy atom. The van der Waals surface area contributed by atoms with E-state index in [4.69, 9.17) is 0 Å². The Kier molecular flexibility index (Phi) is 4.77. The molecule has 0 amide bonds. The van der Waals surface area contributed by atoms with Crippen molar-refractivity contribution in [2.24, 2.45) is 0 Å². The first-order valence-corrected chi connectivity index (χ1v) is 7.82. The summed E-state index contributed by atoms with van der Waals surface area (Å²) in [6.45, 7) is 5.39. The molecular weight excluding hydrogens is 322 g/mol. The fourth-order valence-corrected chi connectivity index (χ4v) is 3.32. The maximum absolute atomic E-state index is 12.3. The topological polar surface area (TPSA) is 20.3 Å². The average molecular weight is 338 g/mol. The maximum Gasteiger partial charge on any atom is 0.192 e. The van der Waals surface area contributed by atoms with E-state index in [2.05, 4.69) is 46.8 Å². The molecule has 2 nitrogen and oxygen atoms in total. The summed E-state index contributed by atoms with van der Waals surface area (Å²) in [5.41, 5.74) is 2.33. The molecule has 0 fully saturated rings. The third kappa shape index (κ3) is 3.45. The zero-order valence-electron chi connectivity index (χ0n) is 11.0. The van der Waals surface area contributed by atoms with Crippen molar-refractivity contribution in [2.75, 3.05) is 18.0 Å². The van der Waals surface area contributed by atoms with Crippen LogP contribution < -0.4 is 4.90 Å². The number of hydrogen-bond donors (Lipinski definition) is 0. The van der Waals surface area contributed by atoms with Gasteiger partial charge >= 0.3 is 0 Å². The Bertz CT molecular complexity index is 579. The van der Waals surface area contributed by atoms with Crippen molar-refractivity contribution in [1.82, 2.24) is 0 Å². The average Bonchev–Trinajstić information content (AvgIpc) is 2.83. The van der Waals surface area contributed by atoms with Crippen LogP contribution in [-0.4, -0.2) is 18.9 Å². The maximum atomic E-state index is 12.3. The Labute approximate surface area is 126 Å². The van der Waals surface area contributed by atoms with Gasteiger partial charge in [-0.2, -0.15) is 0 Å². The highest BCUT2D eigenvalue weighted by Crippen LogP contribution is 2.24. The number of benzene rings is 1. The lowest BCUT2D eigenvalue weighted by molar-refractivity contribution is 0.100. The summed E-state index contributed by atoms with van der Waals surface area (Å²) in [4.78, 5) is 15.2. The number of thiophene rings is 1. The highest BCUT2D eigenvalue weighted by atomic mass is 79.9. The molecule has 0 radical (unpaired) electrons. The van der Waals surface area contributed by atoms with Gasteiger partial charge < -0.3 is 4.90 Å². The van der Waals surface area contributed by atoms with E-state index in [0.29, 0.717) is 6.54 Å². The number of ketones is 1. The molecule has 19 heavy (non-hydrogen) atoms. The first-order valence-electron chi connectivity index (χ1n) is 6.21. The van der Waals surface area contributed by atoms with E-state index in [0.717, 1.165) is 20.9 Å². The van der Waals surface area contributed by atoms with E-state index >= 15 is 0 Å². The number of carbonyl (C=O) groups is 1. The molecule has 0 aliphatic rings. The number of anilines is 1. The molecule has 0 N–H and O–H groups in total. The van der Waals surface area contributed by atoms with E-state index < -0.39 is 0 Å². The van der Waals surface area contributed by atoms with Crippen LogP contribution in [0.25, 0.3) is 0 Å². The molecule has 100 valence electrons. The summed E-state index contributed by atoms with van der Waals surface area (Å²) in [7, 11) is 0. The molecule has 1 heterocycles. The Morgan fingerprint density at radius 1 is 1.26 bits per heavy atom. The predicted molar refractivity (Wildman–Crippen MR) is 85.4 cm³/mol. The van der Waals surface area contributed by atoms with Crippen LogP contribution in [0.15, 0.2) is 40.2 Å². The largest absolute Gasteiger partial charge is 0.364 e. The van der Waals surface area contributed by atoms with Crippen molar-refractivity contribution >= 4 is 38.7 Å². The molecule has 2 rings (SSSR count). The van der Waals surface area contributed by atoms with Crippen molar-refractivity contribution in [3.63, 3.8) is 0 Å². The molecule has 0 saturated carbocycles. The van der Waals surface area contributed by atoms with Gasteiger partial charge in [-0.05, 0) is 53.5 Å². The second-order valence-corrected chi connectivity index (χ2v) is 6.79. The minimum absolute atomic E-state index is 0.167. The molecule has 0 atom stereocenters. The van der Waals surface area contributed by atoms with Gasteiger partial charge in [0.25, 0.3) is 0 Å². The molecule has 1 aromatic carbocycles. The molecule has 0 spiro atoms. The number of likely N-dealkylation sites (N-methyl/N-ethyl adjacent to an activating group) is 1. The lowest BCUT2D eigenvalue weighted by Gasteiger charge is -2.23. The van der Waals surface area contributed by atoms with E-state index in [9.17, 15) is 4.79 Å². The van der Waals surface area contributed by atoms with E-state index in [1.54, 1.807) is 0 Å². The van der Waals surface area contributed by atoms with Gasteiger partial charge in [0, 0.05) is 12.2 Å². The molecule has 0 aliphatic heterocycles. The SMILES string of the molecule is CCN(CC(=O)c1ccc(Br)s1)c1ccccc1C. The van der Waals surface area contributed by atoms with Crippen LogP contribution >= 0.6 is 27.3 Å². The fourth-order valence-electron chi connectivity index (χ4n) is 2.00. The highest BCUT2D eigenvalue weighted by Gasteiger charge is 2.14. The van der Waals surface area contributed by atoms with Gasteiger partial charge in [-0.15, -0.1) is 11.3 Å². The van der Waals surface area contributed by atoms with Crippen LogP contribution in [0.3, 0.4) is 0 Å². The summed E-state index contributed by atoms with van der Waals surface area (Å²) in [6.07, 6.45) is 0. The first-order chi connectivity index (χ1) is 9.11. The van der Waals surface area contributed by atoms with Crippen molar-refractivity contribution < 1.29 is 4.79 Å². The van der Waals surface area contributed by atoms with Gasteiger partial charge in [0.15, 0.2) is 5.78 Å². The minimum atomic E-state index is 0.167. The zero-order valence-corrected chi connectivity index (χ0v) is 13.4. The van der Waals surface area contributed by atoms with Gasteiger partial charge in [0.05, 0.1) is 15.2 Å². The summed E-state index contributed by atoms with van der Waals surface area (Å²) >= 11 is 4.88. The fraction of sp³-hybridized carbons (Fsp3) is 0.267. The number of nitrogens with zero attached hydrogens (tertiary/aromatic N) is 1.